The first-order valence-electron chi connectivity index (χ1n) is 9.10. The molecule has 1 unspecified atom stereocenters. The van der Waals surface area contributed by atoms with Gasteiger partial charge in [0.1, 0.15) is 25.9 Å². The second-order valence-corrected chi connectivity index (χ2v) is 7.75. The molecule has 29 heavy (non-hydrogen) atoms. The zero-order valence-corrected chi connectivity index (χ0v) is 17.4. The third-order valence-corrected chi connectivity index (χ3v) is 5.62. The Morgan fingerprint density at radius 2 is 1.76 bits per heavy atom. The van der Waals surface area contributed by atoms with Crippen LogP contribution in [0.4, 0.5) is 0 Å². The Balaban J connectivity index is 1.47. The molecular weight excluding hydrogens is 442 g/mol. The Bertz CT molecular complexity index is 1030. The molecule has 2 aromatic rings. The van der Waals surface area contributed by atoms with Crippen molar-refractivity contribution in [3.63, 3.8) is 0 Å². The van der Waals surface area contributed by atoms with Gasteiger partial charge in [-0.3, -0.25) is 14.5 Å². The van der Waals surface area contributed by atoms with E-state index in [0.717, 1.165) is 10.5 Å². The average Bonchev–Trinajstić information content (AvgIpc) is 2.95. The van der Waals surface area contributed by atoms with Gasteiger partial charge in [-0.05, 0) is 38.1 Å². The van der Waals surface area contributed by atoms with E-state index in [4.69, 9.17) is 14.2 Å². The highest BCUT2D eigenvalue weighted by Gasteiger charge is 2.41. The smallest absolute Gasteiger partial charge is 0.329 e. The van der Waals surface area contributed by atoms with Crippen LogP contribution in [0.1, 0.15) is 38.8 Å². The summed E-state index contributed by atoms with van der Waals surface area (Å²) < 4.78 is 17.1. The monoisotopic (exact) mass is 459 g/mol. The lowest BCUT2D eigenvalue weighted by molar-refractivity contribution is -0.149. The fourth-order valence-electron chi connectivity index (χ4n) is 3.32. The van der Waals surface area contributed by atoms with Gasteiger partial charge in [0.25, 0.3) is 11.8 Å². The second-order valence-electron chi connectivity index (χ2n) is 6.90. The van der Waals surface area contributed by atoms with Crippen LogP contribution < -0.4 is 9.47 Å². The zero-order chi connectivity index (χ0) is 20.7. The summed E-state index contributed by atoms with van der Waals surface area (Å²) in [5.41, 5.74) is 2.16. The van der Waals surface area contributed by atoms with Crippen molar-refractivity contribution in [3.8, 4) is 11.5 Å². The van der Waals surface area contributed by atoms with Crippen LogP contribution in [0.15, 0.2) is 34.8 Å². The number of imide groups is 1. The molecule has 2 heterocycles. The zero-order valence-electron chi connectivity index (χ0n) is 15.9. The molecule has 8 heteroatoms. The summed E-state index contributed by atoms with van der Waals surface area (Å²) in [5.74, 6) is -0.450. The molecule has 2 aromatic carbocycles. The molecule has 0 spiro atoms. The molecule has 7 nitrogen and oxygen atoms in total. The van der Waals surface area contributed by atoms with E-state index in [1.54, 1.807) is 30.3 Å². The van der Waals surface area contributed by atoms with Crippen LogP contribution in [0.5, 0.6) is 11.5 Å². The lowest BCUT2D eigenvalue weighted by Crippen LogP contribution is -2.43. The number of carbonyl (C=O) groups is 3. The van der Waals surface area contributed by atoms with Gasteiger partial charge in [-0.2, -0.15) is 0 Å². The molecule has 0 aromatic heterocycles. The van der Waals surface area contributed by atoms with E-state index in [9.17, 15) is 14.4 Å². The molecule has 150 valence electrons. The molecule has 0 fully saturated rings. The number of hydrogen-bond donors (Lipinski definition) is 0. The molecule has 2 amide bonds. The lowest BCUT2D eigenvalue weighted by Gasteiger charge is -2.22. The van der Waals surface area contributed by atoms with E-state index in [1.165, 1.54) is 6.92 Å². The van der Waals surface area contributed by atoms with Crippen LogP contribution in [-0.2, 0) is 16.1 Å². The number of nitrogens with zero attached hydrogens (tertiary/aromatic N) is 1. The molecule has 2 aliphatic rings. The molecule has 4 rings (SSSR count). The third kappa shape index (κ3) is 3.48. The number of hydrogen-bond acceptors (Lipinski definition) is 6. The van der Waals surface area contributed by atoms with Crippen LogP contribution in [0.2, 0.25) is 0 Å². The number of rotatable bonds is 4. The van der Waals surface area contributed by atoms with Crippen molar-refractivity contribution in [2.24, 2.45) is 0 Å². The number of amides is 2. The topological polar surface area (TPSA) is 82.1 Å². The van der Waals surface area contributed by atoms with Crippen molar-refractivity contribution in [2.75, 3.05) is 13.2 Å². The highest BCUT2D eigenvalue weighted by atomic mass is 79.9. The highest BCUT2D eigenvalue weighted by Crippen LogP contribution is 2.36. The largest absolute Gasteiger partial charge is 0.486 e. The predicted octanol–water partition coefficient (Wildman–Crippen LogP) is 3.26. The standard InChI is InChI=1S/C21H18BrNO6/c1-11-3-4-14-15(7-11)20(25)23(19(14)24)12(2)21(26)29-10-13-8-17-18(9-16(13)22)28-6-5-27-17/h3-4,7-9,12H,5-6,10H2,1-2H3. The van der Waals surface area contributed by atoms with E-state index in [-0.39, 0.29) is 6.61 Å². The van der Waals surface area contributed by atoms with E-state index in [0.29, 0.717) is 45.9 Å². The number of carbonyl (C=O) groups excluding carboxylic acids is 3. The van der Waals surface area contributed by atoms with Gasteiger partial charge in [0.2, 0.25) is 0 Å². The predicted molar refractivity (Wildman–Crippen MR) is 106 cm³/mol. The maximum absolute atomic E-state index is 12.7. The number of halogens is 1. The maximum atomic E-state index is 12.7. The SMILES string of the molecule is Cc1ccc2c(c1)C(=O)N(C(C)C(=O)OCc1cc3c(cc1Br)OCCO3)C2=O. The maximum Gasteiger partial charge on any atom is 0.329 e. The van der Waals surface area contributed by atoms with Crippen molar-refractivity contribution in [1.82, 2.24) is 4.90 Å². The van der Waals surface area contributed by atoms with Gasteiger partial charge in [-0.15, -0.1) is 0 Å². The molecule has 0 bridgehead atoms. The first-order chi connectivity index (χ1) is 13.9. The fraction of sp³-hybridized carbons (Fsp3) is 0.286. The molecule has 0 N–H and O–H groups in total. The summed E-state index contributed by atoms with van der Waals surface area (Å²) in [6.07, 6.45) is 0. The van der Waals surface area contributed by atoms with Crippen molar-refractivity contribution >= 4 is 33.7 Å². The Hall–Kier alpha value is -2.87. The van der Waals surface area contributed by atoms with Crippen LogP contribution in [0.25, 0.3) is 0 Å². The molecule has 0 saturated carbocycles. The third-order valence-electron chi connectivity index (χ3n) is 4.88. The van der Waals surface area contributed by atoms with Gasteiger partial charge >= 0.3 is 5.97 Å². The summed E-state index contributed by atoms with van der Waals surface area (Å²) in [4.78, 5) is 38.8. The molecule has 1 atom stereocenters. The average molecular weight is 460 g/mol. The van der Waals surface area contributed by atoms with Gasteiger partial charge in [0.05, 0.1) is 11.1 Å². The van der Waals surface area contributed by atoms with Crippen molar-refractivity contribution in [3.05, 3.63) is 57.1 Å². The van der Waals surface area contributed by atoms with Gasteiger partial charge in [-0.25, -0.2) is 4.79 Å². The van der Waals surface area contributed by atoms with Crippen LogP contribution in [0, 0.1) is 6.92 Å². The number of ether oxygens (including phenoxy) is 3. The number of fused-ring (bicyclic) bond motifs is 2. The summed E-state index contributed by atoms with van der Waals surface area (Å²) in [6.45, 7) is 4.21. The summed E-state index contributed by atoms with van der Waals surface area (Å²) in [7, 11) is 0. The number of esters is 1. The normalized spacial score (nSPS) is 15.9. The lowest BCUT2D eigenvalue weighted by atomic mass is 10.1. The van der Waals surface area contributed by atoms with Crippen molar-refractivity contribution in [1.29, 1.82) is 0 Å². The Morgan fingerprint density at radius 3 is 2.48 bits per heavy atom. The van der Waals surface area contributed by atoms with Crippen LogP contribution in [-0.4, -0.2) is 41.9 Å². The summed E-state index contributed by atoms with van der Waals surface area (Å²) in [5, 5.41) is 0. The van der Waals surface area contributed by atoms with Gasteiger partial charge in [-0.1, -0.05) is 27.6 Å². The minimum Gasteiger partial charge on any atom is -0.486 e. The minimum absolute atomic E-state index is 0.0390. The Morgan fingerprint density at radius 1 is 1.10 bits per heavy atom. The number of benzene rings is 2. The second kappa shape index (κ2) is 7.51. The molecule has 0 radical (unpaired) electrons. The van der Waals surface area contributed by atoms with Crippen molar-refractivity contribution < 1.29 is 28.6 Å². The van der Waals surface area contributed by atoms with E-state index >= 15 is 0 Å². The van der Waals surface area contributed by atoms with Crippen molar-refractivity contribution in [2.45, 2.75) is 26.5 Å². The summed E-state index contributed by atoms with van der Waals surface area (Å²) >= 11 is 3.43. The van der Waals surface area contributed by atoms with E-state index < -0.39 is 23.8 Å². The van der Waals surface area contributed by atoms with Gasteiger partial charge in [0, 0.05) is 10.0 Å². The molecule has 0 saturated heterocycles. The van der Waals surface area contributed by atoms with E-state index in [1.807, 2.05) is 6.92 Å². The van der Waals surface area contributed by atoms with Crippen LogP contribution in [0.3, 0.4) is 0 Å². The molecular formula is C21H18BrNO6. The van der Waals surface area contributed by atoms with E-state index in [2.05, 4.69) is 15.9 Å². The Kier molecular flexibility index (Phi) is 5.04. The minimum atomic E-state index is -1.04. The van der Waals surface area contributed by atoms with Gasteiger partial charge < -0.3 is 14.2 Å². The summed E-state index contributed by atoms with van der Waals surface area (Å²) in [6, 6.07) is 7.47. The first-order valence-corrected chi connectivity index (χ1v) is 9.89. The fourth-order valence-corrected chi connectivity index (χ4v) is 3.75. The Labute approximate surface area is 175 Å². The molecule has 0 aliphatic carbocycles. The van der Waals surface area contributed by atoms with Gasteiger partial charge in [0.15, 0.2) is 11.5 Å². The highest BCUT2D eigenvalue weighted by molar-refractivity contribution is 9.10. The van der Waals surface area contributed by atoms with Crippen LogP contribution >= 0.6 is 15.9 Å². The molecule has 2 aliphatic heterocycles. The first kappa shape index (κ1) is 19.4. The quantitative estimate of drug-likeness (QED) is 0.515. The number of aryl methyl sites for hydroxylation is 1.